The summed E-state index contributed by atoms with van der Waals surface area (Å²) in [5.41, 5.74) is -0.204. The lowest BCUT2D eigenvalue weighted by Crippen LogP contribution is -2.43. The van der Waals surface area contributed by atoms with Crippen LogP contribution < -0.4 is 0 Å². The zero-order chi connectivity index (χ0) is 15.0. The zero-order valence-electron chi connectivity index (χ0n) is 12.7. The lowest BCUT2D eigenvalue weighted by molar-refractivity contribution is -0.131. The maximum Gasteiger partial charge on any atom is 0.281 e. The van der Waals surface area contributed by atoms with Crippen LogP contribution in [0.25, 0.3) is 0 Å². The zero-order valence-corrected chi connectivity index (χ0v) is 13.5. The van der Waals surface area contributed by atoms with Crippen LogP contribution in [0.1, 0.15) is 27.2 Å². The van der Waals surface area contributed by atoms with Gasteiger partial charge in [0.2, 0.25) is 5.91 Å². The SMILES string of the molecule is CN(C)S(=O)(=O)N(C)C[C@@H]1CC(=O)N(C(C)(C)C)C1. The van der Waals surface area contributed by atoms with E-state index in [-0.39, 0.29) is 17.4 Å². The van der Waals surface area contributed by atoms with Crippen LogP contribution in [0.4, 0.5) is 0 Å². The topological polar surface area (TPSA) is 60.9 Å². The highest BCUT2D eigenvalue weighted by Gasteiger charge is 2.37. The first-order valence-corrected chi connectivity index (χ1v) is 7.80. The average molecular weight is 291 g/mol. The van der Waals surface area contributed by atoms with E-state index in [0.29, 0.717) is 19.5 Å². The van der Waals surface area contributed by atoms with Crippen molar-refractivity contribution < 1.29 is 13.2 Å². The van der Waals surface area contributed by atoms with Crippen molar-refractivity contribution in [1.82, 2.24) is 13.5 Å². The highest BCUT2D eigenvalue weighted by atomic mass is 32.2. The first-order chi connectivity index (χ1) is 8.46. The van der Waals surface area contributed by atoms with Gasteiger partial charge in [-0.05, 0) is 26.7 Å². The molecular weight excluding hydrogens is 266 g/mol. The summed E-state index contributed by atoms with van der Waals surface area (Å²) in [6.07, 6.45) is 0.421. The third-order valence-corrected chi connectivity index (χ3v) is 5.25. The Morgan fingerprint density at radius 2 is 1.79 bits per heavy atom. The maximum atomic E-state index is 11.9. The summed E-state index contributed by atoms with van der Waals surface area (Å²) in [6.45, 7) is 6.98. The van der Waals surface area contributed by atoms with Gasteiger partial charge < -0.3 is 4.90 Å². The molecule has 1 rings (SSSR count). The monoisotopic (exact) mass is 291 g/mol. The predicted octanol–water partition coefficient (Wildman–Crippen LogP) is 0.372. The molecule has 6 nitrogen and oxygen atoms in total. The van der Waals surface area contributed by atoms with Crippen molar-refractivity contribution >= 4 is 16.1 Å². The minimum atomic E-state index is -3.40. The normalized spacial score (nSPS) is 21.8. The number of carbonyl (C=O) groups excluding carboxylic acids is 1. The molecule has 112 valence electrons. The van der Waals surface area contributed by atoms with E-state index in [1.807, 2.05) is 25.7 Å². The number of carbonyl (C=O) groups is 1. The fourth-order valence-electron chi connectivity index (χ4n) is 2.29. The summed E-state index contributed by atoms with van der Waals surface area (Å²) in [4.78, 5) is 13.8. The fraction of sp³-hybridized carbons (Fsp3) is 0.917. The number of hydrogen-bond donors (Lipinski definition) is 0. The van der Waals surface area contributed by atoms with Gasteiger partial charge in [0.15, 0.2) is 0 Å². The molecule has 0 saturated carbocycles. The van der Waals surface area contributed by atoms with Gasteiger partial charge in [0, 0.05) is 46.2 Å². The Hall–Kier alpha value is -0.660. The van der Waals surface area contributed by atoms with E-state index in [2.05, 4.69) is 0 Å². The minimum absolute atomic E-state index is 0.0615. The van der Waals surface area contributed by atoms with Gasteiger partial charge in [-0.1, -0.05) is 0 Å². The van der Waals surface area contributed by atoms with Gasteiger partial charge in [-0.25, -0.2) is 0 Å². The molecule has 1 fully saturated rings. The lowest BCUT2D eigenvalue weighted by atomic mass is 10.1. The Labute approximate surface area is 116 Å². The van der Waals surface area contributed by atoms with Crippen LogP contribution in [-0.2, 0) is 15.0 Å². The quantitative estimate of drug-likeness (QED) is 0.752. The maximum absolute atomic E-state index is 11.9. The molecule has 0 N–H and O–H groups in total. The van der Waals surface area contributed by atoms with E-state index in [1.54, 1.807) is 7.05 Å². The van der Waals surface area contributed by atoms with Gasteiger partial charge in [0.25, 0.3) is 10.2 Å². The molecule has 1 aliphatic heterocycles. The Morgan fingerprint density at radius 1 is 1.26 bits per heavy atom. The van der Waals surface area contributed by atoms with E-state index < -0.39 is 10.2 Å². The summed E-state index contributed by atoms with van der Waals surface area (Å²) in [6, 6.07) is 0. The van der Waals surface area contributed by atoms with Gasteiger partial charge in [-0.2, -0.15) is 17.0 Å². The summed E-state index contributed by atoms with van der Waals surface area (Å²) >= 11 is 0. The second-order valence-corrected chi connectivity index (χ2v) is 8.57. The molecule has 1 saturated heterocycles. The number of nitrogens with zero attached hydrogens (tertiary/aromatic N) is 3. The molecule has 0 aromatic heterocycles. The molecule has 19 heavy (non-hydrogen) atoms. The first-order valence-electron chi connectivity index (χ1n) is 6.40. The standard InChI is InChI=1S/C12H25N3O3S/c1-12(2,3)15-9-10(7-11(15)16)8-14(6)19(17,18)13(4)5/h10H,7-9H2,1-6H3/t10-/m0/s1. The fourth-order valence-corrected chi connectivity index (χ4v) is 3.25. The molecule has 0 aromatic carbocycles. The van der Waals surface area contributed by atoms with E-state index in [4.69, 9.17) is 0 Å². The molecule has 0 aromatic rings. The lowest BCUT2D eigenvalue weighted by Gasteiger charge is -2.32. The van der Waals surface area contributed by atoms with Crippen molar-refractivity contribution in [2.45, 2.75) is 32.7 Å². The average Bonchev–Trinajstić information content (AvgIpc) is 2.58. The van der Waals surface area contributed by atoms with E-state index in [9.17, 15) is 13.2 Å². The molecule has 1 heterocycles. The molecule has 1 atom stereocenters. The van der Waals surface area contributed by atoms with E-state index in [0.717, 1.165) is 0 Å². The molecule has 0 unspecified atom stereocenters. The van der Waals surface area contributed by atoms with Gasteiger partial charge in [0.05, 0.1) is 0 Å². The van der Waals surface area contributed by atoms with Crippen LogP contribution in [0.15, 0.2) is 0 Å². The molecule has 0 spiro atoms. The van der Waals surface area contributed by atoms with Gasteiger partial charge in [0.1, 0.15) is 0 Å². The molecule has 0 bridgehead atoms. The molecule has 0 aliphatic carbocycles. The molecule has 1 aliphatic rings. The van der Waals surface area contributed by atoms with Crippen LogP contribution in [0, 0.1) is 5.92 Å². The summed E-state index contributed by atoms with van der Waals surface area (Å²) in [7, 11) is 1.17. The third kappa shape index (κ3) is 3.67. The molecule has 7 heteroatoms. The van der Waals surface area contributed by atoms with Crippen LogP contribution >= 0.6 is 0 Å². The smallest absolute Gasteiger partial charge is 0.281 e. The van der Waals surface area contributed by atoms with Crippen molar-refractivity contribution in [2.75, 3.05) is 34.2 Å². The van der Waals surface area contributed by atoms with Crippen molar-refractivity contribution in [3.8, 4) is 0 Å². The van der Waals surface area contributed by atoms with Crippen LogP contribution in [0.5, 0.6) is 0 Å². The van der Waals surface area contributed by atoms with E-state index >= 15 is 0 Å². The third-order valence-electron chi connectivity index (χ3n) is 3.39. The number of amides is 1. The number of likely N-dealkylation sites (tertiary alicyclic amines) is 1. The summed E-state index contributed by atoms with van der Waals surface area (Å²) in [5, 5.41) is 0. The van der Waals surface area contributed by atoms with Crippen molar-refractivity contribution in [3.05, 3.63) is 0 Å². The number of hydrogen-bond acceptors (Lipinski definition) is 3. The van der Waals surface area contributed by atoms with Crippen LogP contribution in [-0.4, -0.2) is 67.6 Å². The number of rotatable bonds is 4. The molecule has 0 radical (unpaired) electrons. The van der Waals surface area contributed by atoms with Crippen molar-refractivity contribution in [2.24, 2.45) is 5.92 Å². The van der Waals surface area contributed by atoms with Crippen LogP contribution in [0.2, 0.25) is 0 Å². The van der Waals surface area contributed by atoms with Crippen LogP contribution in [0.3, 0.4) is 0 Å². The first kappa shape index (κ1) is 16.4. The largest absolute Gasteiger partial charge is 0.338 e. The second kappa shape index (κ2) is 5.38. The Kier molecular flexibility index (Phi) is 4.64. The molecular formula is C12H25N3O3S. The van der Waals surface area contributed by atoms with Gasteiger partial charge in [-0.3, -0.25) is 4.79 Å². The second-order valence-electron chi connectivity index (χ2n) is 6.32. The highest BCUT2D eigenvalue weighted by molar-refractivity contribution is 7.86. The predicted molar refractivity (Wildman–Crippen MR) is 74.8 cm³/mol. The minimum Gasteiger partial charge on any atom is -0.338 e. The van der Waals surface area contributed by atoms with Gasteiger partial charge >= 0.3 is 0 Å². The van der Waals surface area contributed by atoms with Crippen molar-refractivity contribution in [3.63, 3.8) is 0 Å². The highest BCUT2D eigenvalue weighted by Crippen LogP contribution is 2.26. The Morgan fingerprint density at radius 3 is 2.16 bits per heavy atom. The molecule has 1 amide bonds. The van der Waals surface area contributed by atoms with Crippen molar-refractivity contribution in [1.29, 1.82) is 0 Å². The Bertz CT molecular complexity index is 440. The van der Waals surface area contributed by atoms with E-state index in [1.165, 1.54) is 22.7 Å². The van der Waals surface area contributed by atoms with Gasteiger partial charge in [-0.15, -0.1) is 0 Å². The Balaban J connectivity index is 2.70. The summed E-state index contributed by atoms with van der Waals surface area (Å²) in [5.74, 6) is 0.166. The summed E-state index contributed by atoms with van der Waals surface area (Å²) < 4.78 is 26.4.